The third-order valence-corrected chi connectivity index (χ3v) is 6.54. The molecule has 1 heterocycles. The van der Waals surface area contributed by atoms with Gasteiger partial charge in [-0.1, -0.05) is 53.6 Å². The molecule has 1 saturated heterocycles. The first kappa shape index (κ1) is 19.1. The molecule has 0 aromatic heterocycles. The zero-order valence-corrected chi connectivity index (χ0v) is 17.3. The number of nitrogens with zero attached hydrogens (tertiary/aromatic N) is 2. The Labute approximate surface area is 180 Å². The molecule has 6 heteroatoms. The van der Waals surface area contributed by atoms with Crippen LogP contribution in [0.25, 0.3) is 0 Å². The lowest BCUT2D eigenvalue weighted by molar-refractivity contribution is -0.140. The van der Waals surface area contributed by atoms with Gasteiger partial charge in [0.2, 0.25) is 0 Å². The molecule has 152 valence electrons. The van der Waals surface area contributed by atoms with Crippen LogP contribution in [0.3, 0.4) is 0 Å². The van der Waals surface area contributed by atoms with Crippen LogP contribution >= 0.6 is 11.6 Å². The predicted molar refractivity (Wildman–Crippen MR) is 114 cm³/mol. The fraction of sp³-hybridized carbons (Fsp3) is 0.292. The van der Waals surface area contributed by atoms with Gasteiger partial charge in [0.1, 0.15) is 12.4 Å². The van der Waals surface area contributed by atoms with Crippen LogP contribution in [-0.4, -0.2) is 23.0 Å². The van der Waals surface area contributed by atoms with E-state index >= 15 is 0 Å². The third kappa shape index (κ3) is 3.23. The van der Waals surface area contributed by atoms with E-state index < -0.39 is 0 Å². The van der Waals surface area contributed by atoms with Crippen molar-refractivity contribution >= 4 is 29.6 Å². The summed E-state index contributed by atoms with van der Waals surface area (Å²) in [5.41, 5.74) is 2.95. The molecule has 2 amide bonds. The van der Waals surface area contributed by atoms with Crippen molar-refractivity contribution in [2.24, 2.45) is 28.8 Å². The number of imide groups is 1. The summed E-state index contributed by atoms with van der Waals surface area (Å²) in [7, 11) is 0. The van der Waals surface area contributed by atoms with Gasteiger partial charge in [-0.05, 0) is 54.5 Å². The van der Waals surface area contributed by atoms with Crippen LogP contribution in [0.1, 0.15) is 23.1 Å². The summed E-state index contributed by atoms with van der Waals surface area (Å²) >= 11 is 6.36. The number of amides is 2. The fourth-order valence-corrected chi connectivity index (χ4v) is 4.93. The summed E-state index contributed by atoms with van der Waals surface area (Å²) in [6, 6.07) is 13.4. The average Bonchev–Trinajstić information content (AvgIpc) is 3.41. The van der Waals surface area contributed by atoms with Crippen LogP contribution in [0.4, 0.5) is 0 Å². The van der Waals surface area contributed by atoms with E-state index in [4.69, 9.17) is 16.3 Å². The van der Waals surface area contributed by atoms with Gasteiger partial charge >= 0.3 is 0 Å². The number of allylic oxidation sites excluding steroid dienone is 2. The Morgan fingerprint density at radius 1 is 1.07 bits per heavy atom. The first-order valence-electron chi connectivity index (χ1n) is 10.1. The minimum absolute atomic E-state index is 0.177. The number of ether oxygens (including phenoxy) is 1. The van der Waals surface area contributed by atoms with Gasteiger partial charge in [0.05, 0.1) is 23.1 Å². The molecule has 2 fully saturated rings. The zero-order chi connectivity index (χ0) is 20.8. The number of aryl methyl sites for hydroxylation is 1. The minimum Gasteiger partial charge on any atom is -0.487 e. The van der Waals surface area contributed by atoms with Crippen molar-refractivity contribution < 1.29 is 14.3 Å². The highest BCUT2D eigenvalue weighted by atomic mass is 35.5. The minimum atomic E-state index is -0.245. The van der Waals surface area contributed by atoms with Crippen LogP contribution in [0.2, 0.25) is 5.02 Å². The number of halogens is 1. The molecule has 1 saturated carbocycles. The molecule has 0 N–H and O–H groups in total. The largest absolute Gasteiger partial charge is 0.487 e. The quantitative estimate of drug-likeness (QED) is 0.410. The maximum absolute atomic E-state index is 12.7. The Balaban J connectivity index is 1.26. The summed E-state index contributed by atoms with van der Waals surface area (Å²) in [5.74, 6) is 0.0492. The maximum atomic E-state index is 12.7. The van der Waals surface area contributed by atoms with Crippen LogP contribution in [0.5, 0.6) is 5.75 Å². The standard InChI is InChI=1S/C24H21ClN2O3/c1-14-2-4-15(5-3-14)13-30-20-9-6-16(10-19(20)25)12-26-27-23(28)21-17-7-8-18(11-17)22(21)24(27)29/h2-10,12,17-18,21-22H,11,13H2,1H3. The molecule has 5 nitrogen and oxygen atoms in total. The Bertz CT molecular complexity index is 1050. The number of carbonyl (C=O) groups is 2. The molecule has 3 aliphatic rings. The molecule has 2 bridgehead atoms. The number of carbonyl (C=O) groups excluding carboxylic acids is 2. The molecule has 4 unspecified atom stereocenters. The van der Waals surface area contributed by atoms with Gasteiger partial charge in [0.25, 0.3) is 11.8 Å². The molecule has 30 heavy (non-hydrogen) atoms. The van der Waals surface area contributed by atoms with Crippen LogP contribution in [0, 0.1) is 30.6 Å². The van der Waals surface area contributed by atoms with E-state index in [9.17, 15) is 9.59 Å². The van der Waals surface area contributed by atoms with Crippen LogP contribution in [0.15, 0.2) is 59.7 Å². The number of fused-ring (bicyclic) bond motifs is 5. The smallest absolute Gasteiger partial charge is 0.254 e. The molecule has 2 aromatic rings. The van der Waals surface area contributed by atoms with E-state index in [1.807, 2.05) is 31.2 Å². The summed E-state index contributed by atoms with van der Waals surface area (Å²) in [6.45, 7) is 2.46. The first-order valence-corrected chi connectivity index (χ1v) is 10.5. The highest BCUT2D eigenvalue weighted by Gasteiger charge is 2.59. The molecule has 0 radical (unpaired) electrons. The molecule has 0 spiro atoms. The lowest BCUT2D eigenvalue weighted by atomic mass is 9.85. The second-order valence-corrected chi connectivity index (χ2v) is 8.60. The average molecular weight is 421 g/mol. The van der Waals surface area contributed by atoms with E-state index in [-0.39, 0.29) is 35.5 Å². The van der Waals surface area contributed by atoms with Crippen LogP contribution < -0.4 is 4.74 Å². The monoisotopic (exact) mass is 420 g/mol. The molecule has 2 aromatic carbocycles. The number of hydrogen-bond acceptors (Lipinski definition) is 4. The van der Waals surface area contributed by atoms with Gasteiger partial charge in [-0.15, -0.1) is 0 Å². The topological polar surface area (TPSA) is 59.0 Å². The van der Waals surface area contributed by atoms with Gasteiger partial charge < -0.3 is 4.74 Å². The summed E-state index contributed by atoms with van der Waals surface area (Å²) in [4.78, 5) is 25.4. The van der Waals surface area contributed by atoms with Gasteiger partial charge in [-0.25, -0.2) is 0 Å². The zero-order valence-electron chi connectivity index (χ0n) is 16.5. The normalized spacial score (nSPS) is 26.8. The number of hydrazone groups is 1. The molecular formula is C24H21ClN2O3. The van der Waals surface area contributed by atoms with Crippen molar-refractivity contribution in [3.8, 4) is 5.75 Å². The van der Waals surface area contributed by atoms with E-state index in [1.54, 1.807) is 18.2 Å². The van der Waals surface area contributed by atoms with E-state index in [0.29, 0.717) is 22.9 Å². The van der Waals surface area contributed by atoms with Gasteiger partial charge in [0, 0.05) is 0 Å². The highest BCUT2D eigenvalue weighted by molar-refractivity contribution is 6.32. The maximum Gasteiger partial charge on any atom is 0.254 e. The van der Waals surface area contributed by atoms with E-state index in [1.165, 1.54) is 11.8 Å². The SMILES string of the molecule is Cc1ccc(COc2ccc(C=NN3C(=O)C4C5C=CC(C5)C4C3=O)cc2Cl)cc1. The van der Waals surface area contributed by atoms with Gasteiger partial charge in [-0.3, -0.25) is 9.59 Å². The van der Waals surface area contributed by atoms with Crippen molar-refractivity contribution in [2.75, 3.05) is 0 Å². The Morgan fingerprint density at radius 2 is 1.73 bits per heavy atom. The molecule has 4 atom stereocenters. The molecular weight excluding hydrogens is 400 g/mol. The van der Waals surface area contributed by atoms with E-state index in [0.717, 1.165) is 17.0 Å². The number of hydrogen-bond donors (Lipinski definition) is 0. The van der Waals surface area contributed by atoms with Gasteiger partial charge in [-0.2, -0.15) is 10.1 Å². The third-order valence-electron chi connectivity index (χ3n) is 6.24. The Morgan fingerprint density at radius 3 is 2.37 bits per heavy atom. The van der Waals surface area contributed by atoms with Crippen molar-refractivity contribution in [1.82, 2.24) is 5.01 Å². The van der Waals surface area contributed by atoms with Gasteiger partial charge in [0.15, 0.2) is 0 Å². The summed E-state index contributed by atoms with van der Waals surface area (Å²) in [6.07, 6.45) is 6.55. The highest BCUT2D eigenvalue weighted by Crippen LogP contribution is 2.52. The Kier molecular flexibility index (Phi) is 4.70. The second kappa shape index (κ2) is 7.40. The van der Waals surface area contributed by atoms with E-state index in [2.05, 4.69) is 17.3 Å². The predicted octanol–water partition coefficient (Wildman–Crippen LogP) is 4.37. The number of rotatable bonds is 5. The second-order valence-electron chi connectivity index (χ2n) is 8.20. The molecule has 2 aliphatic carbocycles. The number of benzene rings is 2. The lowest BCUT2D eigenvalue weighted by Crippen LogP contribution is -2.28. The van der Waals surface area contributed by atoms with Crippen LogP contribution in [-0.2, 0) is 16.2 Å². The van der Waals surface area contributed by atoms with Crippen molar-refractivity contribution in [3.05, 3.63) is 76.3 Å². The lowest BCUT2D eigenvalue weighted by Gasteiger charge is -2.13. The van der Waals surface area contributed by atoms with Crippen molar-refractivity contribution in [1.29, 1.82) is 0 Å². The molecule has 5 rings (SSSR count). The Hall–Kier alpha value is -2.92. The summed E-state index contributed by atoms with van der Waals surface area (Å²) < 4.78 is 5.81. The van der Waals surface area contributed by atoms with Crippen molar-refractivity contribution in [2.45, 2.75) is 20.0 Å². The summed E-state index contributed by atoms with van der Waals surface area (Å²) in [5, 5.41) is 5.68. The molecule has 1 aliphatic heterocycles. The fourth-order valence-electron chi connectivity index (χ4n) is 4.68. The van der Waals surface area contributed by atoms with Crippen molar-refractivity contribution in [3.63, 3.8) is 0 Å². The first-order chi connectivity index (χ1) is 14.5.